The second-order valence-electron chi connectivity index (χ2n) is 5.55. The Labute approximate surface area is 127 Å². The monoisotopic (exact) mass is 335 g/mol. The molecule has 0 spiro atoms. The van der Waals surface area contributed by atoms with Crippen molar-refractivity contribution in [2.45, 2.75) is 39.3 Å². The van der Waals surface area contributed by atoms with Crippen molar-refractivity contribution in [3.63, 3.8) is 0 Å². The number of nitrogens with zero attached hydrogens (tertiary/aromatic N) is 3. The fourth-order valence-corrected chi connectivity index (χ4v) is 2.81. The van der Waals surface area contributed by atoms with Crippen molar-refractivity contribution in [1.82, 2.24) is 14.9 Å². The molecule has 5 heteroatoms. The summed E-state index contributed by atoms with van der Waals surface area (Å²) in [5.41, 5.74) is 2.45. The summed E-state index contributed by atoms with van der Waals surface area (Å²) in [5.74, 6) is 2.33. The molecule has 0 radical (unpaired) electrons. The van der Waals surface area contributed by atoms with E-state index in [0.29, 0.717) is 5.92 Å². The second kappa shape index (κ2) is 5.66. The predicted molar refractivity (Wildman–Crippen MR) is 80.3 cm³/mol. The summed E-state index contributed by atoms with van der Waals surface area (Å²) in [4.78, 5) is 11.5. The lowest BCUT2D eigenvalue weighted by atomic mass is 10.1. The molecule has 0 bridgehead atoms. The summed E-state index contributed by atoms with van der Waals surface area (Å²) < 4.78 is 6.48. The first kappa shape index (κ1) is 13.8. The summed E-state index contributed by atoms with van der Waals surface area (Å²) in [6.45, 7) is 7.00. The zero-order valence-electron chi connectivity index (χ0n) is 11.8. The van der Waals surface area contributed by atoms with Gasteiger partial charge >= 0.3 is 0 Å². The number of furan rings is 1. The molecular weight excluding hydrogens is 318 g/mol. The minimum Gasteiger partial charge on any atom is -0.467 e. The number of rotatable bonds is 3. The van der Waals surface area contributed by atoms with Crippen molar-refractivity contribution < 1.29 is 4.42 Å². The van der Waals surface area contributed by atoms with Gasteiger partial charge in [-0.3, -0.25) is 4.90 Å². The van der Waals surface area contributed by atoms with Crippen LogP contribution in [0.5, 0.6) is 0 Å². The van der Waals surface area contributed by atoms with E-state index in [-0.39, 0.29) is 0 Å². The van der Waals surface area contributed by atoms with Crippen LogP contribution in [0.3, 0.4) is 0 Å². The van der Waals surface area contributed by atoms with Crippen LogP contribution in [0.1, 0.15) is 42.6 Å². The van der Waals surface area contributed by atoms with Crippen molar-refractivity contribution in [3.05, 3.63) is 45.8 Å². The van der Waals surface area contributed by atoms with Crippen LogP contribution in [-0.4, -0.2) is 21.4 Å². The first-order chi connectivity index (χ1) is 9.61. The Morgan fingerprint density at radius 3 is 3.00 bits per heavy atom. The van der Waals surface area contributed by atoms with Crippen LogP contribution in [0.2, 0.25) is 0 Å². The highest BCUT2D eigenvalue weighted by Gasteiger charge is 2.20. The van der Waals surface area contributed by atoms with E-state index in [9.17, 15) is 0 Å². The van der Waals surface area contributed by atoms with E-state index >= 15 is 0 Å². The third-order valence-corrected chi connectivity index (χ3v) is 3.97. The Kier molecular flexibility index (Phi) is 3.89. The Balaban J connectivity index is 1.72. The molecule has 106 valence electrons. The molecule has 2 aromatic heterocycles. The molecule has 0 aliphatic carbocycles. The first-order valence-corrected chi connectivity index (χ1v) is 7.71. The van der Waals surface area contributed by atoms with Gasteiger partial charge in [-0.05, 0) is 22.0 Å². The van der Waals surface area contributed by atoms with Crippen LogP contribution >= 0.6 is 15.9 Å². The smallest absolute Gasteiger partial charge is 0.131 e. The van der Waals surface area contributed by atoms with Gasteiger partial charge < -0.3 is 4.42 Å². The third-order valence-electron chi connectivity index (χ3n) is 3.55. The van der Waals surface area contributed by atoms with Gasteiger partial charge in [0.15, 0.2) is 0 Å². The molecule has 0 saturated carbocycles. The molecule has 0 unspecified atom stereocenters. The zero-order chi connectivity index (χ0) is 14.1. The molecule has 3 rings (SSSR count). The molecule has 1 aliphatic rings. The summed E-state index contributed by atoms with van der Waals surface area (Å²) in [5, 5.41) is 0. The Bertz CT molecular complexity index is 609. The van der Waals surface area contributed by atoms with E-state index in [1.165, 1.54) is 11.3 Å². The lowest BCUT2D eigenvalue weighted by molar-refractivity contribution is 0.223. The topological polar surface area (TPSA) is 42.2 Å². The summed E-state index contributed by atoms with van der Waals surface area (Å²) in [7, 11) is 0. The Morgan fingerprint density at radius 2 is 2.30 bits per heavy atom. The SMILES string of the molecule is CC(C)c1ncc2c(n1)CCN(Cc1cc(Br)co1)C2. The fourth-order valence-electron chi connectivity index (χ4n) is 2.46. The van der Waals surface area contributed by atoms with Crippen molar-refractivity contribution >= 4 is 15.9 Å². The highest BCUT2D eigenvalue weighted by molar-refractivity contribution is 9.10. The zero-order valence-corrected chi connectivity index (χ0v) is 13.4. The van der Waals surface area contributed by atoms with Crippen LogP contribution in [-0.2, 0) is 19.5 Å². The maximum Gasteiger partial charge on any atom is 0.131 e. The first-order valence-electron chi connectivity index (χ1n) is 6.92. The largest absolute Gasteiger partial charge is 0.467 e. The molecule has 2 aromatic rings. The molecule has 0 saturated heterocycles. The quantitative estimate of drug-likeness (QED) is 0.860. The summed E-state index contributed by atoms with van der Waals surface area (Å²) >= 11 is 3.41. The molecule has 0 amide bonds. The van der Waals surface area contributed by atoms with Crippen LogP contribution in [0.15, 0.2) is 27.4 Å². The number of fused-ring (bicyclic) bond motifs is 1. The van der Waals surface area contributed by atoms with Crippen LogP contribution < -0.4 is 0 Å². The second-order valence-corrected chi connectivity index (χ2v) is 6.46. The molecular formula is C15H18BrN3O. The standard InChI is InChI=1S/C15H18BrN3O/c1-10(2)15-17-6-11-7-19(4-3-14(11)18-15)8-13-5-12(16)9-20-13/h5-6,9-10H,3-4,7-8H2,1-2H3. The van der Waals surface area contributed by atoms with E-state index in [2.05, 4.69) is 44.6 Å². The summed E-state index contributed by atoms with van der Waals surface area (Å²) in [6, 6.07) is 2.02. The van der Waals surface area contributed by atoms with Gasteiger partial charge in [0.25, 0.3) is 0 Å². The molecule has 0 N–H and O–H groups in total. The Hall–Kier alpha value is -1.20. The van der Waals surface area contributed by atoms with E-state index in [1.807, 2.05) is 12.3 Å². The van der Waals surface area contributed by atoms with E-state index in [1.54, 1.807) is 6.26 Å². The fraction of sp³-hybridized carbons (Fsp3) is 0.467. The number of hydrogen-bond acceptors (Lipinski definition) is 4. The van der Waals surface area contributed by atoms with Gasteiger partial charge in [0.05, 0.1) is 11.0 Å². The van der Waals surface area contributed by atoms with Crippen LogP contribution in [0, 0.1) is 0 Å². The van der Waals surface area contributed by atoms with Crippen molar-refractivity contribution in [2.24, 2.45) is 0 Å². The molecule has 0 aromatic carbocycles. The lowest BCUT2D eigenvalue weighted by Crippen LogP contribution is -2.31. The number of hydrogen-bond donors (Lipinski definition) is 0. The molecule has 3 heterocycles. The van der Waals surface area contributed by atoms with Gasteiger partial charge in [0.2, 0.25) is 0 Å². The average Bonchev–Trinajstić information content (AvgIpc) is 2.83. The number of halogens is 1. The van der Waals surface area contributed by atoms with E-state index in [0.717, 1.165) is 42.1 Å². The molecule has 1 aliphatic heterocycles. The highest BCUT2D eigenvalue weighted by atomic mass is 79.9. The van der Waals surface area contributed by atoms with E-state index < -0.39 is 0 Å². The van der Waals surface area contributed by atoms with Crippen molar-refractivity contribution in [2.75, 3.05) is 6.54 Å². The lowest BCUT2D eigenvalue weighted by Gasteiger charge is -2.27. The van der Waals surface area contributed by atoms with Gasteiger partial charge in [-0.15, -0.1) is 0 Å². The van der Waals surface area contributed by atoms with E-state index in [4.69, 9.17) is 4.42 Å². The molecule has 0 fully saturated rings. The maximum atomic E-state index is 5.49. The average molecular weight is 336 g/mol. The van der Waals surface area contributed by atoms with Crippen molar-refractivity contribution in [3.8, 4) is 0 Å². The third kappa shape index (κ3) is 2.94. The maximum absolute atomic E-state index is 5.49. The number of aromatic nitrogens is 2. The van der Waals surface area contributed by atoms with Gasteiger partial charge in [-0.1, -0.05) is 13.8 Å². The molecule has 0 atom stereocenters. The minimum atomic E-state index is 0.388. The predicted octanol–water partition coefficient (Wildman–Crippen LogP) is 3.51. The van der Waals surface area contributed by atoms with Gasteiger partial charge in [-0.25, -0.2) is 9.97 Å². The van der Waals surface area contributed by atoms with Gasteiger partial charge in [-0.2, -0.15) is 0 Å². The normalized spacial score (nSPS) is 15.6. The summed E-state index contributed by atoms with van der Waals surface area (Å²) in [6.07, 6.45) is 4.70. The molecule has 20 heavy (non-hydrogen) atoms. The van der Waals surface area contributed by atoms with Gasteiger partial charge in [0.1, 0.15) is 17.8 Å². The van der Waals surface area contributed by atoms with Crippen LogP contribution in [0.25, 0.3) is 0 Å². The Morgan fingerprint density at radius 1 is 1.45 bits per heavy atom. The van der Waals surface area contributed by atoms with Gasteiger partial charge in [0, 0.05) is 42.9 Å². The highest BCUT2D eigenvalue weighted by Crippen LogP contribution is 2.22. The van der Waals surface area contributed by atoms with Crippen LogP contribution in [0.4, 0.5) is 0 Å². The minimum absolute atomic E-state index is 0.388. The molecule has 4 nitrogen and oxygen atoms in total. The van der Waals surface area contributed by atoms with Crippen molar-refractivity contribution in [1.29, 1.82) is 0 Å².